The summed E-state index contributed by atoms with van der Waals surface area (Å²) >= 11 is 0. The molecule has 1 aliphatic heterocycles. The van der Waals surface area contributed by atoms with E-state index in [9.17, 15) is 19.2 Å². The molecule has 4 saturated carbocycles. The zero-order valence-corrected chi connectivity index (χ0v) is 46.0. The summed E-state index contributed by atoms with van der Waals surface area (Å²) in [5.41, 5.74) is 7.53. The lowest BCUT2D eigenvalue weighted by Crippen LogP contribution is -2.51. The van der Waals surface area contributed by atoms with Crippen LogP contribution in [0.25, 0.3) is 11.1 Å². The molecule has 4 N–H and O–H groups in total. The summed E-state index contributed by atoms with van der Waals surface area (Å²) < 4.78 is 11.4. The smallest absolute Gasteiger partial charge is 0.355 e. The largest absolute Gasteiger partial charge is 0.464 e. The number of carbonyl (C=O) groups is 4. The molecule has 13 heteroatoms. The molecule has 0 spiro atoms. The maximum atomic E-state index is 13.8. The summed E-state index contributed by atoms with van der Waals surface area (Å²) in [6.45, 7) is 11.5. The highest BCUT2D eigenvalue weighted by molar-refractivity contribution is 7.35. The lowest BCUT2D eigenvalue weighted by Gasteiger charge is -2.58. The van der Waals surface area contributed by atoms with Gasteiger partial charge in [-0.1, -0.05) is 117 Å². The number of fused-ring (bicyclic) bond motifs is 9. The van der Waals surface area contributed by atoms with E-state index in [2.05, 4.69) is 82.8 Å². The van der Waals surface area contributed by atoms with Gasteiger partial charge in [-0.15, -0.1) is 0 Å². The number of hydrogen-bond acceptors (Lipinski definition) is 11. The lowest BCUT2D eigenvalue weighted by molar-refractivity contribution is -0.253. The maximum absolute atomic E-state index is 13.8. The fourth-order valence-corrected chi connectivity index (χ4v) is 15.8. The van der Waals surface area contributed by atoms with E-state index in [4.69, 9.17) is 9.47 Å². The molecule has 9 rings (SSSR count). The minimum atomic E-state index is -0.671. The Morgan fingerprint density at radius 3 is 2.53 bits per heavy atom. The van der Waals surface area contributed by atoms with Crippen LogP contribution in [-0.4, -0.2) is 87.6 Å². The van der Waals surface area contributed by atoms with Crippen molar-refractivity contribution in [2.24, 2.45) is 40.4 Å². The van der Waals surface area contributed by atoms with Crippen molar-refractivity contribution in [2.45, 2.75) is 187 Å². The van der Waals surface area contributed by atoms with Gasteiger partial charge in [-0.25, -0.2) is 4.79 Å². The molecule has 73 heavy (non-hydrogen) atoms. The standard InChI is InChI=1S/C49H68N2O6.C11H21N2O2P/c1-32(2)13-6-8-15-34-21-23-42-40-22-20-35-30-36(24-26-49(35,4)43(40)25-27-48(34,42)3)56-47(54)44(51-31-45(52)57-55-5)19-10-11-28-50-46(53)39-18-12-17-38-37-16-9-7-14-33(37)29-41(38)39;14-11-5-8-16-13-10-4-2-1-3-9(10)12-6-7-15-11/h7,9,12,14,16-18,20,32,34,36,40,42-44,51H,6,8,10-11,13,15,19,21-31H2,1-5H3,(H,50,53);9-10,12-13,16H,1-8H2. The van der Waals surface area contributed by atoms with E-state index >= 15 is 0 Å². The second-order valence-electron chi connectivity index (χ2n) is 23.5. The number of unbranched alkanes of at least 4 members (excludes halogenated alkanes) is 2. The van der Waals surface area contributed by atoms with Crippen molar-refractivity contribution in [3.8, 4) is 11.1 Å². The predicted octanol–water partition coefficient (Wildman–Crippen LogP) is 10.9. The molecule has 5 fully saturated rings. The second kappa shape index (κ2) is 26.4. The lowest BCUT2D eigenvalue weighted by atomic mass is 9.47. The first kappa shape index (κ1) is 55.6. The Balaban J connectivity index is 0.000000377. The first-order valence-electron chi connectivity index (χ1n) is 28.6. The molecule has 7 aliphatic rings. The highest BCUT2D eigenvalue weighted by atomic mass is 31.1. The first-order valence-corrected chi connectivity index (χ1v) is 29.8. The number of amides is 1. The number of rotatable bonds is 17. The molecule has 11 unspecified atom stereocenters. The van der Waals surface area contributed by atoms with Gasteiger partial charge < -0.3 is 20.1 Å². The Morgan fingerprint density at radius 1 is 0.890 bits per heavy atom. The minimum Gasteiger partial charge on any atom is -0.464 e. The van der Waals surface area contributed by atoms with Crippen LogP contribution in [0, 0.1) is 40.4 Å². The number of carbonyl (C=O) groups excluding carboxylic acids is 4. The Labute approximate surface area is 438 Å². The Morgan fingerprint density at radius 2 is 1.70 bits per heavy atom. The van der Waals surface area contributed by atoms with Crippen molar-refractivity contribution in [3.63, 3.8) is 0 Å². The van der Waals surface area contributed by atoms with Crippen molar-refractivity contribution < 1.29 is 38.4 Å². The summed E-state index contributed by atoms with van der Waals surface area (Å²) in [6.07, 6.45) is 26.5. The van der Waals surface area contributed by atoms with Crippen LogP contribution in [0.3, 0.4) is 0 Å². The Bertz CT molecular complexity index is 2200. The summed E-state index contributed by atoms with van der Waals surface area (Å²) in [7, 11) is 1.97. The van der Waals surface area contributed by atoms with Gasteiger partial charge in [-0.05, 0) is 165 Å². The third-order valence-corrected chi connectivity index (χ3v) is 19.7. The SMILES string of the molecule is COOC(=O)CNC(CCCCNC(=O)c1cccc2c1Cc1ccccc1-2)C(=O)OC1CCC2(C)C(=CCC3C2CCC2(C)C(CCCCC(C)C)CCC32)C1.O=C1CCPNC2CCCCC2NCCO1. The monoisotopic (exact) mass is 1020 g/mol. The highest BCUT2D eigenvalue weighted by Gasteiger charge is 2.58. The van der Waals surface area contributed by atoms with E-state index in [1.165, 1.54) is 107 Å². The van der Waals surface area contributed by atoms with E-state index < -0.39 is 12.0 Å². The number of cyclic esters (lactones) is 1. The van der Waals surface area contributed by atoms with Crippen LogP contribution in [0.4, 0.5) is 0 Å². The zero-order chi connectivity index (χ0) is 51.4. The number of benzene rings is 2. The van der Waals surface area contributed by atoms with Crippen LogP contribution in [-0.2, 0) is 40.1 Å². The van der Waals surface area contributed by atoms with Crippen LogP contribution in [0.1, 0.15) is 178 Å². The van der Waals surface area contributed by atoms with Gasteiger partial charge in [0, 0.05) is 37.2 Å². The molecule has 0 radical (unpaired) electrons. The molecular weight excluding hydrogens is 936 g/mol. The third-order valence-electron chi connectivity index (χ3n) is 18.7. The molecule has 0 bridgehead atoms. The van der Waals surface area contributed by atoms with E-state index in [1.807, 2.05) is 24.3 Å². The minimum absolute atomic E-state index is 0.0547. The van der Waals surface area contributed by atoms with E-state index in [0.29, 0.717) is 76.5 Å². The van der Waals surface area contributed by atoms with Gasteiger partial charge in [0.25, 0.3) is 5.91 Å². The molecule has 11 atom stereocenters. The Kier molecular flexibility index (Phi) is 20.1. The molecule has 1 heterocycles. The molecular formula is C60H89N4O8P. The van der Waals surface area contributed by atoms with Crippen LogP contribution in [0.15, 0.2) is 54.1 Å². The van der Waals surface area contributed by atoms with Gasteiger partial charge in [0.2, 0.25) is 0 Å². The normalized spacial score (nSPS) is 30.2. The number of ether oxygens (including phenoxy) is 2. The van der Waals surface area contributed by atoms with E-state index in [-0.39, 0.29) is 35.9 Å². The van der Waals surface area contributed by atoms with Crippen molar-refractivity contribution in [3.05, 3.63) is 70.8 Å². The number of hydrogen-bond donors (Lipinski definition) is 4. The summed E-state index contributed by atoms with van der Waals surface area (Å²) in [6, 6.07) is 14.8. The molecule has 2 aromatic rings. The number of allylic oxidation sites excluding steroid dienone is 1. The molecule has 0 aromatic heterocycles. The topological polar surface area (TPSA) is 153 Å². The van der Waals surface area contributed by atoms with Gasteiger partial charge in [-0.3, -0.25) is 29.7 Å². The van der Waals surface area contributed by atoms with Crippen LogP contribution in [0.5, 0.6) is 0 Å². The van der Waals surface area contributed by atoms with Gasteiger partial charge in [-0.2, -0.15) is 4.89 Å². The van der Waals surface area contributed by atoms with Crippen molar-refractivity contribution in [1.82, 2.24) is 21.0 Å². The maximum Gasteiger partial charge on any atom is 0.355 e. The molecule has 1 saturated heterocycles. The second-order valence-corrected chi connectivity index (χ2v) is 24.7. The first-order chi connectivity index (χ1) is 35.4. The van der Waals surface area contributed by atoms with Gasteiger partial charge in [0.1, 0.15) is 18.8 Å². The fourth-order valence-electron chi connectivity index (χ4n) is 14.7. The Hall–Kier alpha value is -3.67. The molecule has 2 aromatic carbocycles. The fraction of sp³-hybridized carbons (Fsp3) is 0.700. The molecule has 12 nitrogen and oxygen atoms in total. The van der Waals surface area contributed by atoms with E-state index in [1.54, 1.807) is 0 Å². The summed E-state index contributed by atoms with van der Waals surface area (Å²) in [5, 5.41) is 13.3. The van der Waals surface area contributed by atoms with Crippen molar-refractivity contribution in [2.75, 3.05) is 39.5 Å². The molecule has 1 amide bonds. The van der Waals surface area contributed by atoms with E-state index in [0.717, 1.165) is 73.2 Å². The van der Waals surface area contributed by atoms with Crippen LogP contribution in [0.2, 0.25) is 0 Å². The predicted molar refractivity (Wildman–Crippen MR) is 290 cm³/mol. The summed E-state index contributed by atoms with van der Waals surface area (Å²) in [5.74, 6) is 2.95. The van der Waals surface area contributed by atoms with Crippen molar-refractivity contribution in [1.29, 1.82) is 0 Å². The van der Waals surface area contributed by atoms with Crippen LogP contribution < -0.4 is 21.0 Å². The average molecular weight is 1030 g/mol. The number of esters is 2. The molecule has 6 aliphatic carbocycles. The molecule has 402 valence electrons. The average Bonchev–Trinajstić information content (AvgIpc) is 3.93. The number of nitrogens with one attached hydrogen (secondary N) is 4. The summed E-state index contributed by atoms with van der Waals surface area (Å²) in [4.78, 5) is 59.7. The van der Waals surface area contributed by atoms with Gasteiger partial charge >= 0.3 is 17.9 Å². The van der Waals surface area contributed by atoms with Crippen LogP contribution >= 0.6 is 8.73 Å². The highest BCUT2D eigenvalue weighted by Crippen LogP contribution is 2.67. The quantitative estimate of drug-likeness (QED) is 0.0255. The van der Waals surface area contributed by atoms with Crippen molar-refractivity contribution >= 4 is 32.5 Å². The van der Waals surface area contributed by atoms with Gasteiger partial charge in [0.05, 0.1) is 20.1 Å². The zero-order valence-electron chi connectivity index (χ0n) is 45.0. The van der Waals surface area contributed by atoms with Gasteiger partial charge in [0.15, 0.2) is 0 Å². The third kappa shape index (κ3) is 13.8.